The molecule has 0 aromatic heterocycles. The van der Waals surface area contributed by atoms with Crippen molar-refractivity contribution in [2.45, 2.75) is 30.7 Å². The number of benzene rings is 3. The second-order valence-corrected chi connectivity index (χ2v) is 8.72. The average molecular weight is 427 g/mol. The number of carbonyl (C=O) groups excluding carboxylic acids is 1. The quantitative estimate of drug-likeness (QED) is 0.561. The van der Waals surface area contributed by atoms with Gasteiger partial charge >= 0.3 is 0 Å². The molecule has 3 rings (SSSR count). The smallest absolute Gasteiger partial charge is 0.261 e. The van der Waals surface area contributed by atoms with Gasteiger partial charge in [-0.05, 0) is 73.9 Å². The molecule has 0 aliphatic carbocycles. The molecule has 5 nitrogen and oxygen atoms in total. The van der Waals surface area contributed by atoms with Gasteiger partial charge in [0, 0.05) is 17.3 Å². The highest BCUT2D eigenvalue weighted by Gasteiger charge is 2.16. The molecule has 0 aliphatic heterocycles. The van der Waals surface area contributed by atoms with E-state index < -0.39 is 15.8 Å². The van der Waals surface area contributed by atoms with Crippen molar-refractivity contribution in [3.8, 4) is 0 Å². The van der Waals surface area contributed by atoms with Gasteiger partial charge in [-0.25, -0.2) is 12.8 Å². The van der Waals surface area contributed by atoms with E-state index in [0.717, 1.165) is 12.8 Å². The number of aryl methyl sites for hydroxylation is 1. The van der Waals surface area contributed by atoms with E-state index in [2.05, 4.69) is 10.0 Å². The summed E-state index contributed by atoms with van der Waals surface area (Å²) < 4.78 is 40.3. The number of carbonyl (C=O) groups is 1. The minimum absolute atomic E-state index is 0.0144. The van der Waals surface area contributed by atoms with Crippen molar-refractivity contribution in [1.82, 2.24) is 5.32 Å². The summed E-state index contributed by atoms with van der Waals surface area (Å²) in [4.78, 5) is 12.5. The maximum absolute atomic E-state index is 13.0. The molecule has 3 aromatic carbocycles. The van der Waals surface area contributed by atoms with Crippen LogP contribution in [0.1, 0.15) is 29.3 Å². The lowest BCUT2D eigenvalue weighted by Crippen LogP contribution is -2.32. The van der Waals surface area contributed by atoms with Crippen molar-refractivity contribution in [2.75, 3.05) is 4.72 Å². The van der Waals surface area contributed by atoms with Crippen LogP contribution in [0.15, 0.2) is 83.8 Å². The molecule has 156 valence electrons. The van der Waals surface area contributed by atoms with Gasteiger partial charge in [0.2, 0.25) is 0 Å². The van der Waals surface area contributed by atoms with Crippen LogP contribution in [0.2, 0.25) is 0 Å². The van der Waals surface area contributed by atoms with Gasteiger partial charge in [0.05, 0.1) is 4.90 Å². The molecule has 7 heteroatoms. The lowest BCUT2D eigenvalue weighted by molar-refractivity contribution is 0.0938. The standard InChI is InChI=1S/C23H23FN2O3S/c1-17(7-8-18-5-3-2-4-6-18)25-23(27)19-9-15-22(16-10-19)30(28,29)26-21-13-11-20(24)12-14-21/h2-6,9-17,26H,7-8H2,1H3,(H,25,27). The van der Waals surface area contributed by atoms with E-state index in [9.17, 15) is 17.6 Å². The Morgan fingerprint density at radius 3 is 2.20 bits per heavy atom. The highest BCUT2D eigenvalue weighted by Crippen LogP contribution is 2.17. The molecule has 0 aliphatic rings. The lowest BCUT2D eigenvalue weighted by atomic mass is 10.1. The summed E-state index contributed by atoms with van der Waals surface area (Å²) in [6.45, 7) is 1.94. The molecule has 0 spiro atoms. The van der Waals surface area contributed by atoms with Gasteiger partial charge in [0.15, 0.2) is 0 Å². The Kier molecular flexibility index (Phi) is 6.84. The Hall–Kier alpha value is -3.19. The highest BCUT2D eigenvalue weighted by atomic mass is 32.2. The van der Waals surface area contributed by atoms with Crippen LogP contribution in [0.25, 0.3) is 0 Å². The zero-order valence-electron chi connectivity index (χ0n) is 16.5. The predicted molar refractivity (Wildman–Crippen MR) is 115 cm³/mol. The number of halogens is 1. The second-order valence-electron chi connectivity index (χ2n) is 7.04. The van der Waals surface area contributed by atoms with Gasteiger partial charge in [-0.2, -0.15) is 0 Å². The topological polar surface area (TPSA) is 75.3 Å². The highest BCUT2D eigenvalue weighted by molar-refractivity contribution is 7.92. The third-order valence-corrected chi connectivity index (χ3v) is 6.01. The molecule has 0 heterocycles. The molecule has 1 amide bonds. The number of hydrogen-bond donors (Lipinski definition) is 2. The number of hydrogen-bond acceptors (Lipinski definition) is 3. The average Bonchev–Trinajstić information content (AvgIpc) is 2.74. The Balaban J connectivity index is 1.58. The van der Waals surface area contributed by atoms with Crippen molar-refractivity contribution >= 4 is 21.6 Å². The van der Waals surface area contributed by atoms with E-state index in [4.69, 9.17) is 0 Å². The van der Waals surface area contributed by atoms with E-state index in [1.807, 2.05) is 37.3 Å². The molecule has 1 unspecified atom stereocenters. The van der Waals surface area contributed by atoms with Crippen molar-refractivity contribution < 1.29 is 17.6 Å². The third kappa shape index (κ3) is 5.90. The van der Waals surface area contributed by atoms with Gasteiger partial charge in [-0.3, -0.25) is 9.52 Å². The van der Waals surface area contributed by atoms with Crippen LogP contribution in [0.5, 0.6) is 0 Å². The van der Waals surface area contributed by atoms with Crippen LogP contribution in [0, 0.1) is 5.82 Å². The van der Waals surface area contributed by atoms with E-state index in [0.29, 0.717) is 5.56 Å². The van der Waals surface area contributed by atoms with E-state index in [1.54, 1.807) is 0 Å². The summed E-state index contributed by atoms with van der Waals surface area (Å²) in [6.07, 6.45) is 1.65. The van der Waals surface area contributed by atoms with Crippen LogP contribution < -0.4 is 10.0 Å². The maximum atomic E-state index is 13.0. The Morgan fingerprint density at radius 2 is 1.57 bits per heavy atom. The van der Waals surface area contributed by atoms with Crippen molar-refractivity contribution in [1.29, 1.82) is 0 Å². The maximum Gasteiger partial charge on any atom is 0.261 e. The molecule has 1 atom stereocenters. The van der Waals surface area contributed by atoms with Crippen LogP contribution in [-0.4, -0.2) is 20.4 Å². The third-order valence-electron chi connectivity index (χ3n) is 4.61. The fourth-order valence-corrected chi connectivity index (χ4v) is 3.98. The fraction of sp³-hybridized carbons (Fsp3) is 0.174. The minimum Gasteiger partial charge on any atom is -0.350 e. The number of anilines is 1. The molecule has 2 N–H and O–H groups in total. The predicted octanol–water partition coefficient (Wildman–Crippen LogP) is 4.38. The van der Waals surface area contributed by atoms with Crippen LogP contribution >= 0.6 is 0 Å². The second kappa shape index (κ2) is 9.54. The summed E-state index contributed by atoms with van der Waals surface area (Å²) >= 11 is 0. The SMILES string of the molecule is CC(CCc1ccccc1)NC(=O)c1ccc(S(=O)(=O)Nc2ccc(F)cc2)cc1. The minimum atomic E-state index is -3.84. The van der Waals surface area contributed by atoms with E-state index in [1.165, 1.54) is 54.1 Å². The molecular weight excluding hydrogens is 403 g/mol. The van der Waals surface area contributed by atoms with Gasteiger partial charge in [0.25, 0.3) is 15.9 Å². The molecule has 0 radical (unpaired) electrons. The summed E-state index contributed by atoms with van der Waals surface area (Å²) in [6, 6.07) is 20.7. The molecular formula is C23H23FN2O3S. The van der Waals surface area contributed by atoms with Crippen molar-refractivity contribution in [3.05, 3.63) is 95.8 Å². The van der Waals surface area contributed by atoms with E-state index >= 15 is 0 Å². The first-order valence-corrected chi connectivity index (χ1v) is 11.0. The van der Waals surface area contributed by atoms with Gasteiger partial charge in [-0.15, -0.1) is 0 Å². The fourth-order valence-electron chi connectivity index (χ4n) is 2.92. The normalized spacial score (nSPS) is 12.2. The molecule has 0 saturated carbocycles. The number of amides is 1. The number of rotatable bonds is 8. The van der Waals surface area contributed by atoms with E-state index in [-0.39, 0.29) is 22.5 Å². The van der Waals surface area contributed by atoms with Crippen LogP contribution in [-0.2, 0) is 16.4 Å². The monoisotopic (exact) mass is 426 g/mol. The first-order valence-electron chi connectivity index (χ1n) is 9.57. The first kappa shape index (κ1) is 21.5. The molecule has 0 saturated heterocycles. The Morgan fingerprint density at radius 1 is 0.933 bits per heavy atom. The lowest BCUT2D eigenvalue weighted by Gasteiger charge is -2.14. The summed E-state index contributed by atoms with van der Waals surface area (Å²) in [7, 11) is -3.84. The van der Waals surface area contributed by atoms with Gasteiger partial charge in [0.1, 0.15) is 5.82 Å². The Bertz CT molecular complexity index is 1080. The number of sulfonamides is 1. The van der Waals surface area contributed by atoms with Crippen molar-refractivity contribution in [2.24, 2.45) is 0 Å². The van der Waals surface area contributed by atoms with Crippen molar-refractivity contribution in [3.63, 3.8) is 0 Å². The number of nitrogens with one attached hydrogen (secondary N) is 2. The summed E-state index contributed by atoms with van der Waals surface area (Å²) in [5, 5.41) is 2.93. The van der Waals surface area contributed by atoms with Crippen LogP contribution in [0.4, 0.5) is 10.1 Å². The molecule has 0 bridgehead atoms. The zero-order valence-corrected chi connectivity index (χ0v) is 17.3. The first-order chi connectivity index (χ1) is 14.3. The molecule has 3 aromatic rings. The molecule has 0 fully saturated rings. The van der Waals surface area contributed by atoms with Gasteiger partial charge in [-0.1, -0.05) is 30.3 Å². The zero-order chi connectivity index (χ0) is 21.6. The Labute approximate surface area is 176 Å². The largest absolute Gasteiger partial charge is 0.350 e. The molecule has 30 heavy (non-hydrogen) atoms. The summed E-state index contributed by atoms with van der Waals surface area (Å²) in [5.41, 5.74) is 1.84. The van der Waals surface area contributed by atoms with Gasteiger partial charge < -0.3 is 5.32 Å². The summed E-state index contributed by atoms with van der Waals surface area (Å²) in [5.74, 6) is -0.711. The van der Waals surface area contributed by atoms with Crippen LogP contribution in [0.3, 0.4) is 0 Å².